The number of rotatable bonds is 5. The van der Waals surface area contributed by atoms with Crippen LogP contribution in [0.5, 0.6) is 0 Å². The van der Waals surface area contributed by atoms with Crippen molar-refractivity contribution in [2.75, 3.05) is 0 Å². The molecule has 0 atom stereocenters. The highest BCUT2D eigenvalue weighted by atomic mass is 13.9. The predicted molar refractivity (Wildman–Crippen MR) is 61.6 cm³/mol. The van der Waals surface area contributed by atoms with E-state index in [2.05, 4.69) is 26.7 Å². The van der Waals surface area contributed by atoms with E-state index in [1.54, 1.807) is 0 Å². The molecule has 0 N–H and O–H groups in total. The van der Waals surface area contributed by atoms with Crippen molar-refractivity contribution in [1.82, 2.24) is 0 Å². The highest BCUT2D eigenvalue weighted by Crippen LogP contribution is 2.01. The van der Waals surface area contributed by atoms with Gasteiger partial charge in [-0.05, 0) is 12.8 Å². The third-order valence-corrected chi connectivity index (χ3v) is 1.26. The van der Waals surface area contributed by atoms with E-state index >= 15 is 0 Å². The molecule has 0 saturated heterocycles. The van der Waals surface area contributed by atoms with Gasteiger partial charge in [-0.1, -0.05) is 46.1 Å². The zero-order valence-corrected chi connectivity index (χ0v) is 9.23. The molecule has 0 amide bonds. The quantitative estimate of drug-likeness (QED) is 0.403. The largest absolute Gasteiger partial charge is 0.106 e. The third kappa shape index (κ3) is 34.0. The van der Waals surface area contributed by atoms with Crippen LogP contribution in [0.1, 0.15) is 52.9 Å². The molecule has 0 unspecified atom stereocenters. The van der Waals surface area contributed by atoms with Gasteiger partial charge in [-0.25, -0.2) is 0 Å². The normalized spacial score (nSPS) is 6.92. The van der Waals surface area contributed by atoms with Gasteiger partial charge in [0.15, 0.2) is 0 Å². The molecule has 0 bridgehead atoms. The number of hydrogen-bond donors (Lipinski definition) is 0. The zero-order chi connectivity index (χ0) is 10.2. The van der Waals surface area contributed by atoms with Crippen molar-refractivity contribution >= 4 is 0 Å². The first-order valence-corrected chi connectivity index (χ1v) is 5.02. The summed E-state index contributed by atoms with van der Waals surface area (Å²) in [6.45, 7) is 15.9. The maximum Gasteiger partial charge on any atom is -0.0353 e. The number of allylic oxidation sites excluding steroid dienone is 1. The average Bonchev–Trinajstić information content (AvgIpc) is 2.19. The van der Waals surface area contributed by atoms with Crippen molar-refractivity contribution in [1.29, 1.82) is 0 Å². The molecule has 0 heteroatoms. The third-order valence-electron chi connectivity index (χ3n) is 1.26. The van der Waals surface area contributed by atoms with Crippen molar-refractivity contribution in [3.63, 3.8) is 0 Å². The maximum absolute atomic E-state index is 3.66. The molecule has 0 aromatic rings. The maximum atomic E-state index is 3.66. The highest BCUT2D eigenvalue weighted by Gasteiger charge is 1.81. The molecule has 0 rings (SSSR count). The monoisotopic (exact) mass is 170 g/mol. The topological polar surface area (TPSA) is 0 Å². The van der Waals surface area contributed by atoms with Crippen molar-refractivity contribution in [3.8, 4) is 0 Å². The summed E-state index contributed by atoms with van der Waals surface area (Å²) in [5.74, 6) is 0. The minimum Gasteiger partial charge on any atom is -0.106 e. The van der Waals surface area contributed by atoms with Gasteiger partial charge in [0, 0.05) is 0 Å². The first-order chi connectivity index (χ1) is 5.91. The van der Waals surface area contributed by atoms with Crippen LogP contribution >= 0.6 is 0 Å². The molecule has 0 aliphatic rings. The number of hydrogen-bond acceptors (Lipinski definition) is 0. The van der Waals surface area contributed by atoms with E-state index in [-0.39, 0.29) is 0 Å². The van der Waals surface area contributed by atoms with E-state index in [1.807, 2.05) is 19.9 Å². The van der Waals surface area contributed by atoms with Crippen LogP contribution in [0.25, 0.3) is 0 Å². The van der Waals surface area contributed by atoms with E-state index in [1.165, 1.54) is 32.1 Å². The second-order valence-electron chi connectivity index (χ2n) is 2.14. The fraction of sp³-hybridized carbons (Fsp3) is 0.667. The van der Waals surface area contributed by atoms with E-state index in [0.717, 1.165) is 0 Å². The van der Waals surface area contributed by atoms with Gasteiger partial charge in [-0.3, -0.25) is 0 Å². The van der Waals surface area contributed by atoms with E-state index in [4.69, 9.17) is 0 Å². The summed E-state index contributed by atoms with van der Waals surface area (Å²) >= 11 is 0. The summed E-state index contributed by atoms with van der Waals surface area (Å²) in [7, 11) is 0. The van der Waals surface area contributed by atoms with Crippen LogP contribution in [0.4, 0.5) is 0 Å². The molecule has 0 aromatic heterocycles. The first-order valence-electron chi connectivity index (χ1n) is 5.02. The molecular formula is C12H26. The molecule has 0 spiro atoms. The summed E-state index contributed by atoms with van der Waals surface area (Å²) in [5, 5.41) is 0. The Balaban J connectivity index is -0.000000175. The van der Waals surface area contributed by atoms with Gasteiger partial charge in [0.1, 0.15) is 0 Å². The Bertz CT molecular complexity index is 55.1. The lowest BCUT2D eigenvalue weighted by molar-refractivity contribution is 0.675. The van der Waals surface area contributed by atoms with Gasteiger partial charge in [-0.15, -0.1) is 19.7 Å². The zero-order valence-electron chi connectivity index (χ0n) is 9.23. The Morgan fingerprint density at radius 3 is 1.83 bits per heavy atom. The van der Waals surface area contributed by atoms with Crippen molar-refractivity contribution in [2.24, 2.45) is 0 Å². The van der Waals surface area contributed by atoms with Gasteiger partial charge < -0.3 is 0 Å². The summed E-state index contributed by atoms with van der Waals surface area (Å²) < 4.78 is 0. The van der Waals surface area contributed by atoms with Crippen molar-refractivity contribution in [3.05, 3.63) is 25.8 Å². The average molecular weight is 170 g/mol. The van der Waals surface area contributed by atoms with Crippen LogP contribution in [-0.2, 0) is 0 Å². The molecule has 0 nitrogen and oxygen atoms in total. The van der Waals surface area contributed by atoms with Crippen LogP contribution in [0.15, 0.2) is 25.8 Å². The molecule has 0 aliphatic carbocycles. The lowest BCUT2D eigenvalue weighted by Crippen LogP contribution is -1.71. The molecule has 12 heavy (non-hydrogen) atoms. The van der Waals surface area contributed by atoms with Gasteiger partial charge in [0.2, 0.25) is 0 Å². The Morgan fingerprint density at radius 1 is 1.00 bits per heavy atom. The van der Waals surface area contributed by atoms with Crippen LogP contribution in [0.2, 0.25) is 0 Å². The molecule has 0 saturated carbocycles. The predicted octanol–water partition coefficient (Wildman–Crippen LogP) is 4.97. The Labute approximate surface area is 79.4 Å². The van der Waals surface area contributed by atoms with Crippen molar-refractivity contribution in [2.45, 2.75) is 52.9 Å². The molecule has 0 aromatic carbocycles. The summed E-state index contributed by atoms with van der Waals surface area (Å²) in [5.41, 5.74) is 0. The summed E-state index contributed by atoms with van der Waals surface area (Å²) in [6, 6.07) is 0. The fourth-order valence-corrected chi connectivity index (χ4v) is 0.715. The van der Waals surface area contributed by atoms with Gasteiger partial charge in [0.05, 0.1) is 0 Å². The lowest BCUT2D eigenvalue weighted by Gasteiger charge is -1.91. The van der Waals surface area contributed by atoms with Crippen LogP contribution in [0, 0.1) is 0 Å². The SMILES string of the molecule is C=C.C=CCCCCCC.CC. The molecule has 0 aliphatic heterocycles. The minimum atomic E-state index is 1.19. The van der Waals surface area contributed by atoms with Gasteiger partial charge in [-0.2, -0.15) is 0 Å². The lowest BCUT2D eigenvalue weighted by atomic mass is 10.2. The Kier molecular flexibility index (Phi) is 45.8. The molecule has 0 heterocycles. The summed E-state index contributed by atoms with van der Waals surface area (Å²) in [4.78, 5) is 0. The number of unbranched alkanes of at least 4 members (excludes halogenated alkanes) is 4. The first kappa shape index (κ1) is 17.5. The van der Waals surface area contributed by atoms with Crippen LogP contribution in [0.3, 0.4) is 0 Å². The van der Waals surface area contributed by atoms with E-state index in [0.29, 0.717) is 0 Å². The Hall–Kier alpha value is -0.520. The van der Waals surface area contributed by atoms with Crippen LogP contribution in [-0.4, -0.2) is 0 Å². The Morgan fingerprint density at radius 2 is 1.50 bits per heavy atom. The van der Waals surface area contributed by atoms with E-state index in [9.17, 15) is 0 Å². The van der Waals surface area contributed by atoms with Crippen molar-refractivity contribution < 1.29 is 0 Å². The van der Waals surface area contributed by atoms with Gasteiger partial charge in [0.25, 0.3) is 0 Å². The van der Waals surface area contributed by atoms with Crippen LogP contribution < -0.4 is 0 Å². The second-order valence-corrected chi connectivity index (χ2v) is 2.14. The standard InChI is InChI=1S/C8H16.C2H6.C2H4/c1-3-5-7-8-6-4-2;2*1-2/h3H,1,4-8H2,2H3;1-2H3;1-2H2. The second kappa shape index (κ2) is 31.4. The smallest absolute Gasteiger partial charge is 0.0353 e. The minimum absolute atomic E-state index is 1.19. The molecule has 0 radical (unpaired) electrons. The van der Waals surface area contributed by atoms with E-state index < -0.39 is 0 Å². The highest BCUT2D eigenvalue weighted by molar-refractivity contribution is 4.64. The molecule has 74 valence electrons. The van der Waals surface area contributed by atoms with Gasteiger partial charge >= 0.3 is 0 Å². The molecular weight excluding hydrogens is 144 g/mol. The fourth-order valence-electron chi connectivity index (χ4n) is 0.715. The molecule has 0 fully saturated rings. The summed E-state index contributed by atoms with van der Waals surface area (Å²) in [6.07, 6.45) is 8.61.